The number of hydrogen-bond donors (Lipinski definition) is 2. The minimum absolute atomic E-state index is 0.159. The highest BCUT2D eigenvalue weighted by atomic mass is 32.1. The van der Waals surface area contributed by atoms with E-state index in [1.54, 1.807) is 13.0 Å². The summed E-state index contributed by atoms with van der Waals surface area (Å²) in [5.74, 6) is -0.630. The first-order valence-electron chi connectivity index (χ1n) is 8.71. The van der Waals surface area contributed by atoms with Crippen molar-refractivity contribution in [1.29, 1.82) is 0 Å². The first-order valence-corrected chi connectivity index (χ1v) is 9.58. The number of carbonyl (C=O) groups is 2. The first kappa shape index (κ1) is 17.9. The molecule has 2 N–H and O–H groups in total. The monoisotopic (exact) mass is 391 g/mol. The lowest BCUT2D eigenvalue weighted by Gasteiger charge is -2.11. The van der Waals surface area contributed by atoms with E-state index < -0.39 is 11.9 Å². The van der Waals surface area contributed by atoms with Crippen LogP contribution in [0.3, 0.4) is 0 Å². The average Bonchev–Trinajstić information content (AvgIpc) is 3.39. The number of rotatable bonds is 5. The van der Waals surface area contributed by atoms with E-state index in [1.807, 2.05) is 29.6 Å². The van der Waals surface area contributed by atoms with Crippen molar-refractivity contribution in [3.8, 4) is 11.3 Å². The van der Waals surface area contributed by atoms with E-state index in [4.69, 9.17) is 4.42 Å². The van der Waals surface area contributed by atoms with Gasteiger partial charge < -0.3 is 15.1 Å². The van der Waals surface area contributed by atoms with Crippen molar-refractivity contribution in [1.82, 2.24) is 10.3 Å². The minimum atomic E-state index is -0.734. The van der Waals surface area contributed by atoms with Crippen LogP contribution in [-0.4, -0.2) is 22.8 Å². The van der Waals surface area contributed by atoms with Crippen molar-refractivity contribution in [2.75, 3.05) is 5.32 Å². The zero-order valence-corrected chi connectivity index (χ0v) is 15.8. The Morgan fingerprint density at radius 2 is 1.89 bits per heavy atom. The topological polar surface area (TPSA) is 84.2 Å². The highest BCUT2D eigenvalue weighted by molar-refractivity contribution is 7.14. The van der Waals surface area contributed by atoms with Crippen molar-refractivity contribution in [2.24, 2.45) is 0 Å². The van der Waals surface area contributed by atoms with Gasteiger partial charge in [0.25, 0.3) is 5.91 Å². The largest absolute Gasteiger partial charge is 0.459 e. The van der Waals surface area contributed by atoms with Crippen LogP contribution in [0.1, 0.15) is 17.5 Å². The number of fused-ring (bicyclic) bond motifs is 1. The van der Waals surface area contributed by atoms with Gasteiger partial charge in [0, 0.05) is 10.9 Å². The molecule has 1 atom stereocenters. The van der Waals surface area contributed by atoms with Crippen LogP contribution in [0.4, 0.5) is 5.13 Å². The van der Waals surface area contributed by atoms with Crippen LogP contribution >= 0.6 is 11.3 Å². The molecule has 0 aliphatic carbocycles. The van der Waals surface area contributed by atoms with Crippen molar-refractivity contribution in [2.45, 2.75) is 13.0 Å². The molecule has 6 nitrogen and oxygen atoms in total. The van der Waals surface area contributed by atoms with Crippen LogP contribution < -0.4 is 10.6 Å². The number of furan rings is 1. The molecule has 2 heterocycles. The molecule has 0 saturated carbocycles. The van der Waals surface area contributed by atoms with Gasteiger partial charge >= 0.3 is 0 Å². The third kappa shape index (κ3) is 3.65. The normalized spacial score (nSPS) is 11.9. The molecule has 28 heavy (non-hydrogen) atoms. The smallest absolute Gasteiger partial charge is 0.287 e. The molecule has 4 rings (SSSR count). The van der Waals surface area contributed by atoms with Crippen LogP contribution in [0.15, 0.2) is 70.7 Å². The van der Waals surface area contributed by atoms with E-state index in [0.29, 0.717) is 5.13 Å². The van der Waals surface area contributed by atoms with Crippen molar-refractivity contribution in [3.63, 3.8) is 0 Å². The molecule has 0 bridgehead atoms. The average molecular weight is 391 g/mol. The number of carbonyl (C=O) groups excluding carboxylic acids is 2. The molecule has 4 aromatic rings. The van der Waals surface area contributed by atoms with Crippen molar-refractivity contribution >= 4 is 39.1 Å². The van der Waals surface area contributed by atoms with Crippen molar-refractivity contribution in [3.05, 3.63) is 72.0 Å². The number of anilines is 1. The van der Waals surface area contributed by atoms with Gasteiger partial charge in [-0.1, -0.05) is 42.5 Å². The zero-order valence-electron chi connectivity index (χ0n) is 15.0. The van der Waals surface area contributed by atoms with Gasteiger partial charge in [-0.15, -0.1) is 11.3 Å². The summed E-state index contributed by atoms with van der Waals surface area (Å²) in [5.41, 5.74) is 1.80. The fourth-order valence-electron chi connectivity index (χ4n) is 2.86. The zero-order chi connectivity index (χ0) is 19.5. The van der Waals surface area contributed by atoms with Gasteiger partial charge in [-0.3, -0.25) is 9.59 Å². The summed E-state index contributed by atoms with van der Waals surface area (Å²) in [5, 5.41) is 9.97. The predicted molar refractivity (Wildman–Crippen MR) is 109 cm³/mol. The molecule has 2 aromatic carbocycles. The van der Waals surface area contributed by atoms with E-state index >= 15 is 0 Å². The fraction of sp³-hybridized carbons (Fsp3) is 0.0952. The summed E-state index contributed by atoms with van der Waals surface area (Å²) in [4.78, 5) is 28.9. The van der Waals surface area contributed by atoms with Gasteiger partial charge in [-0.05, 0) is 29.8 Å². The van der Waals surface area contributed by atoms with E-state index in [1.165, 1.54) is 23.7 Å². The quantitative estimate of drug-likeness (QED) is 0.531. The van der Waals surface area contributed by atoms with Gasteiger partial charge in [0.15, 0.2) is 10.9 Å². The second kappa shape index (κ2) is 7.66. The van der Waals surface area contributed by atoms with Crippen molar-refractivity contribution < 1.29 is 14.0 Å². The summed E-state index contributed by atoms with van der Waals surface area (Å²) in [7, 11) is 0. The summed E-state index contributed by atoms with van der Waals surface area (Å²) < 4.78 is 5.03. The van der Waals surface area contributed by atoms with E-state index in [-0.39, 0.29) is 11.7 Å². The molecule has 0 fully saturated rings. The Balaban J connectivity index is 1.47. The molecule has 2 amide bonds. The Labute approximate surface area is 165 Å². The maximum atomic E-state index is 12.4. The first-order chi connectivity index (χ1) is 13.6. The van der Waals surface area contributed by atoms with Gasteiger partial charge in [0.2, 0.25) is 5.91 Å². The van der Waals surface area contributed by atoms with E-state index in [0.717, 1.165) is 22.0 Å². The molecule has 0 aliphatic rings. The SMILES string of the molecule is CC(NC(=O)c1ccco1)C(=O)Nc1nc(-c2cccc3ccccc23)cs1. The highest BCUT2D eigenvalue weighted by Crippen LogP contribution is 2.30. The molecule has 140 valence electrons. The van der Waals surface area contributed by atoms with Crippen LogP contribution in [-0.2, 0) is 4.79 Å². The fourth-order valence-corrected chi connectivity index (χ4v) is 3.57. The standard InChI is InChI=1S/C21H17N3O3S/c1-13(22-20(26)18-10-5-11-27-18)19(25)24-21-23-17(12-28-21)16-9-4-7-14-6-2-3-8-15(14)16/h2-13H,1H3,(H,22,26)(H,23,24,25). The molecule has 0 spiro atoms. The van der Waals surface area contributed by atoms with Crippen LogP contribution in [0.2, 0.25) is 0 Å². The lowest BCUT2D eigenvalue weighted by atomic mass is 10.0. The summed E-state index contributed by atoms with van der Waals surface area (Å²) in [6.45, 7) is 1.61. The number of aromatic nitrogens is 1. The molecule has 7 heteroatoms. The molecule has 0 radical (unpaired) electrons. The number of nitrogens with zero attached hydrogens (tertiary/aromatic N) is 1. The molecule has 0 saturated heterocycles. The van der Waals surface area contributed by atoms with Gasteiger partial charge in [0.05, 0.1) is 12.0 Å². The summed E-state index contributed by atoms with van der Waals surface area (Å²) in [6.07, 6.45) is 1.41. The van der Waals surface area contributed by atoms with Gasteiger partial charge in [0.1, 0.15) is 6.04 Å². The predicted octanol–water partition coefficient (Wildman–Crippen LogP) is 4.31. The molecule has 0 aliphatic heterocycles. The summed E-state index contributed by atoms with van der Waals surface area (Å²) >= 11 is 1.34. The van der Waals surface area contributed by atoms with Gasteiger partial charge in [-0.25, -0.2) is 4.98 Å². The second-order valence-corrected chi connectivity index (χ2v) is 7.08. The molecular weight excluding hydrogens is 374 g/mol. The Kier molecular flexibility index (Phi) is 4.90. The molecule has 1 unspecified atom stereocenters. The number of nitrogens with one attached hydrogen (secondary N) is 2. The van der Waals surface area contributed by atoms with Crippen LogP contribution in [0, 0.1) is 0 Å². The van der Waals surface area contributed by atoms with Crippen LogP contribution in [0.5, 0.6) is 0 Å². The third-order valence-electron chi connectivity index (χ3n) is 4.29. The number of thiazole rings is 1. The molecular formula is C21H17N3O3S. The Morgan fingerprint density at radius 3 is 2.71 bits per heavy atom. The lowest BCUT2D eigenvalue weighted by Crippen LogP contribution is -2.41. The maximum absolute atomic E-state index is 12.4. The number of amides is 2. The third-order valence-corrected chi connectivity index (χ3v) is 5.04. The Hall–Kier alpha value is -3.45. The minimum Gasteiger partial charge on any atom is -0.459 e. The highest BCUT2D eigenvalue weighted by Gasteiger charge is 2.19. The van der Waals surface area contributed by atoms with Crippen LogP contribution in [0.25, 0.3) is 22.0 Å². The maximum Gasteiger partial charge on any atom is 0.287 e. The Bertz CT molecular complexity index is 1130. The number of benzene rings is 2. The number of hydrogen-bond acceptors (Lipinski definition) is 5. The van der Waals surface area contributed by atoms with E-state index in [2.05, 4.69) is 33.8 Å². The lowest BCUT2D eigenvalue weighted by molar-refractivity contribution is -0.117. The van der Waals surface area contributed by atoms with E-state index in [9.17, 15) is 9.59 Å². The second-order valence-electron chi connectivity index (χ2n) is 6.23. The van der Waals surface area contributed by atoms with Gasteiger partial charge in [-0.2, -0.15) is 0 Å². The molecule has 2 aromatic heterocycles. The summed E-state index contributed by atoms with van der Waals surface area (Å²) in [6, 6.07) is 16.6. The Morgan fingerprint density at radius 1 is 1.07 bits per heavy atom.